The van der Waals surface area contributed by atoms with Crippen LogP contribution in [0.15, 0.2) is 60.8 Å². The van der Waals surface area contributed by atoms with Gasteiger partial charge in [-0.1, -0.05) is 29.8 Å². The Kier molecular flexibility index (Phi) is 3.62. The number of benzene rings is 2. The number of para-hydroxylation sites is 1. The second-order valence-electron chi connectivity index (χ2n) is 6.20. The van der Waals surface area contributed by atoms with Gasteiger partial charge in [0.15, 0.2) is 0 Å². The molecule has 0 saturated carbocycles. The molecule has 116 valence electrons. The molecule has 0 bridgehead atoms. The summed E-state index contributed by atoms with van der Waals surface area (Å²) >= 11 is 0. The van der Waals surface area contributed by atoms with Gasteiger partial charge in [0.1, 0.15) is 0 Å². The molecule has 1 aliphatic rings. The van der Waals surface area contributed by atoms with Crippen molar-refractivity contribution in [3.63, 3.8) is 0 Å². The molecule has 1 aromatic heterocycles. The molecule has 0 unspecified atom stereocenters. The zero-order valence-corrected chi connectivity index (χ0v) is 13.4. The van der Waals surface area contributed by atoms with Crippen LogP contribution in [0.3, 0.4) is 0 Å². The highest BCUT2D eigenvalue weighted by atomic mass is 15.3. The number of rotatable bonds is 2. The van der Waals surface area contributed by atoms with E-state index in [9.17, 15) is 0 Å². The first kappa shape index (κ1) is 14.1. The second-order valence-corrected chi connectivity index (χ2v) is 6.20. The van der Waals surface area contributed by atoms with Crippen LogP contribution < -0.4 is 9.80 Å². The van der Waals surface area contributed by atoms with Gasteiger partial charge in [-0.2, -0.15) is 0 Å². The Balaban J connectivity index is 1.52. The zero-order chi connectivity index (χ0) is 15.6. The van der Waals surface area contributed by atoms with E-state index < -0.39 is 0 Å². The summed E-state index contributed by atoms with van der Waals surface area (Å²) in [6.45, 7) is 6.30. The lowest BCUT2D eigenvalue weighted by molar-refractivity contribution is 0.653. The summed E-state index contributed by atoms with van der Waals surface area (Å²) in [5.74, 6) is 0. The predicted octanol–water partition coefficient (Wildman–Crippen LogP) is 3.87. The van der Waals surface area contributed by atoms with E-state index in [4.69, 9.17) is 0 Å². The SMILES string of the molecule is Cc1ccc2ncc(N3CCN(c4ccccc4)CC3)cc2c1. The molecule has 0 aliphatic carbocycles. The van der Waals surface area contributed by atoms with Gasteiger partial charge in [-0.25, -0.2) is 0 Å². The lowest BCUT2D eigenvalue weighted by Gasteiger charge is -2.37. The van der Waals surface area contributed by atoms with Crippen LogP contribution in [0.1, 0.15) is 5.56 Å². The van der Waals surface area contributed by atoms with Gasteiger partial charge in [0, 0.05) is 37.3 Å². The van der Waals surface area contributed by atoms with Gasteiger partial charge in [0.05, 0.1) is 17.4 Å². The van der Waals surface area contributed by atoms with Gasteiger partial charge in [0.2, 0.25) is 0 Å². The summed E-state index contributed by atoms with van der Waals surface area (Å²) < 4.78 is 0. The first-order valence-corrected chi connectivity index (χ1v) is 8.21. The number of aromatic nitrogens is 1. The Morgan fingerprint density at radius 3 is 2.22 bits per heavy atom. The van der Waals surface area contributed by atoms with Crippen LogP contribution in [0.5, 0.6) is 0 Å². The quantitative estimate of drug-likeness (QED) is 0.716. The third-order valence-electron chi connectivity index (χ3n) is 4.59. The molecular formula is C20H21N3. The van der Waals surface area contributed by atoms with Gasteiger partial charge >= 0.3 is 0 Å². The average molecular weight is 303 g/mol. The first-order chi connectivity index (χ1) is 11.3. The Bertz CT molecular complexity index is 805. The van der Waals surface area contributed by atoms with Crippen molar-refractivity contribution >= 4 is 22.3 Å². The normalized spacial score (nSPS) is 15.2. The van der Waals surface area contributed by atoms with Crippen molar-refractivity contribution in [2.45, 2.75) is 6.92 Å². The van der Waals surface area contributed by atoms with Gasteiger partial charge in [-0.15, -0.1) is 0 Å². The maximum absolute atomic E-state index is 4.62. The molecule has 3 nitrogen and oxygen atoms in total. The van der Waals surface area contributed by atoms with Crippen LogP contribution in [0.25, 0.3) is 10.9 Å². The Hall–Kier alpha value is -2.55. The first-order valence-electron chi connectivity index (χ1n) is 8.21. The molecule has 0 atom stereocenters. The van der Waals surface area contributed by atoms with Gasteiger partial charge < -0.3 is 9.80 Å². The molecule has 2 heterocycles. The Morgan fingerprint density at radius 1 is 0.783 bits per heavy atom. The van der Waals surface area contributed by atoms with Crippen molar-refractivity contribution in [3.8, 4) is 0 Å². The van der Waals surface area contributed by atoms with E-state index in [1.807, 2.05) is 6.20 Å². The minimum Gasteiger partial charge on any atom is -0.368 e. The van der Waals surface area contributed by atoms with E-state index in [-0.39, 0.29) is 0 Å². The number of hydrogen-bond acceptors (Lipinski definition) is 3. The molecule has 0 radical (unpaired) electrons. The third-order valence-corrected chi connectivity index (χ3v) is 4.59. The number of piperazine rings is 1. The number of fused-ring (bicyclic) bond motifs is 1. The molecule has 0 amide bonds. The summed E-state index contributed by atoms with van der Waals surface area (Å²) in [4.78, 5) is 9.51. The van der Waals surface area contributed by atoms with Crippen LogP contribution in [0.4, 0.5) is 11.4 Å². The molecule has 3 heteroatoms. The number of pyridine rings is 1. The van der Waals surface area contributed by atoms with Crippen LogP contribution in [-0.2, 0) is 0 Å². The van der Waals surface area contributed by atoms with Crippen molar-refractivity contribution in [2.75, 3.05) is 36.0 Å². The van der Waals surface area contributed by atoms with Gasteiger partial charge in [-0.05, 0) is 37.3 Å². The predicted molar refractivity (Wildman–Crippen MR) is 97.3 cm³/mol. The van der Waals surface area contributed by atoms with Gasteiger partial charge in [0.25, 0.3) is 0 Å². The van der Waals surface area contributed by atoms with Crippen molar-refractivity contribution in [1.29, 1.82) is 0 Å². The monoisotopic (exact) mass is 303 g/mol. The van der Waals surface area contributed by atoms with Crippen molar-refractivity contribution < 1.29 is 0 Å². The highest BCUT2D eigenvalue weighted by molar-refractivity contribution is 5.82. The largest absolute Gasteiger partial charge is 0.368 e. The molecule has 1 aliphatic heterocycles. The van der Waals surface area contributed by atoms with E-state index in [1.165, 1.54) is 22.3 Å². The highest BCUT2D eigenvalue weighted by Gasteiger charge is 2.17. The van der Waals surface area contributed by atoms with Gasteiger partial charge in [-0.3, -0.25) is 4.98 Å². The molecule has 1 fully saturated rings. The molecule has 2 aromatic carbocycles. The fraction of sp³-hybridized carbons (Fsp3) is 0.250. The van der Waals surface area contributed by atoms with E-state index >= 15 is 0 Å². The van der Waals surface area contributed by atoms with E-state index in [0.717, 1.165) is 31.7 Å². The van der Waals surface area contributed by atoms with E-state index in [0.29, 0.717) is 0 Å². The number of hydrogen-bond donors (Lipinski definition) is 0. The second kappa shape index (κ2) is 5.92. The summed E-state index contributed by atoms with van der Waals surface area (Å²) in [6, 6.07) is 19.4. The lowest BCUT2D eigenvalue weighted by Crippen LogP contribution is -2.46. The van der Waals surface area contributed by atoms with Crippen molar-refractivity contribution in [3.05, 3.63) is 66.4 Å². The van der Waals surface area contributed by atoms with Crippen LogP contribution in [0.2, 0.25) is 0 Å². The smallest absolute Gasteiger partial charge is 0.0703 e. The fourth-order valence-electron chi connectivity index (χ4n) is 3.27. The zero-order valence-electron chi connectivity index (χ0n) is 13.4. The molecular weight excluding hydrogens is 282 g/mol. The fourth-order valence-corrected chi connectivity index (χ4v) is 3.27. The molecule has 1 saturated heterocycles. The molecule has 3 aromatic rings. The van der Waals surface area contributed by atoms with Crippen molar-refractivity contribution in [1.82, 2.24) is 4.98 Å². The van der Waals surface area contributed by atoms with Crippen LogP contribution >= 0.6 is 0 Å². The third kappa shape index (κ3) is 2.87. The maximum atomic E-state index is 4.62. The van der Waals surface area contributed by atoms with E-state index in [2.05, 4.69) is 76.3 Å². The summed E-state index contributed by atoms with van der Waals surface area (Å²) in [5.41, 5.74) is 4.91. The Morgan fingerprint density at radius 2 is 1.48 bits per heavy atom. The van der Waals surface area contributed by atoms with Crippen LogP contribution in [0, 0.1) is 6.92 Å². The minimum atomic E-state index is 1.04. The molecule has 0 N–H and O–H groups in total. The number of anilines is 2. The number of aryl methyl sites for hydroxylation is 1. The van der Waals surface area contributed by atoms with Crippen LogP contribution in [-0.4, -0.2) is 31.2 Å². The summed E-state index contributed by atoms with van der Waals surface area (Å²) in [7, 11) is 0. The summed E-state index contributed by atoms with van der Waals surface area (Å²) in [6.07, 6.45) is 2.01. The van der Waals surface area contributed by atoms with Crippen molar-refractivity contribution in [2.24, 2.45) is 0 Å². The maximum Gasteiger partial charge on any atom is 0.0703 e. The standard InChI is InChI=1S/C20H21N3/c1-16-7-8-20-17(13-16)14-19(15-21-20)23-11-9-22(10-12-23)18-5-3-2-4-6-18/h2-8,13-15H,9-12H2,1H3. The molecule has 4 rings (SSSR count). The minimum absolute atomic E-state index is 1.04. The average Bonchev–Trinajstić information content (AvgIpc) is 2.62. The Labute approximate surface area is 137 Å². The molecule has 0 spiro atoms. The lowest BCUT2D eigenvalue weighted by atomic mass is 10.1. The number of nitrogens with zero attached hydrogens (tertiary/aromatic N) is 3. The topological polar surface area (TPSA) is 19.4 Å². The summed E-state index contributed by atoms with van der Waals surface area (Å²) in [5, 5.41) is 1.23. The highest BCUT2D eigenvalue weighted by Crippen LogP contribution is 2.23. The molecule has 23 heavy (non-hydrogen) atoms. The van der Waals surface area contributed by atoms with E-state index in [1.54, 1.807) is 0 Å².